The summed E-state index contributed by atoms with van der Waals surface area (Å²) in [7, 11) is 0. The Bertz CT molecular complexity index is 1130. The van der Waals surface area contributed by atoms with Gasteiger partial charge in [0.15, 0.2) is 5.69 Å². The van der Waals surface area contributed by atoms with Crippen LogP contribution in [0.5, 0.6) is 5.75 Å². The first kappa shape index (κ1) is 22.9. The zero-order chi connectivity index (χ0) is 23.3. The maximum atomic E-state index is 12.8. The molecule has 0 saturated carbocycles. The Morgan fingerprint density at radius 1 is 0.969 bits per heavy atom. The summed E-state index contributed by atoms with van der Waals surface area (Å²) in [6.07, 6.45) is -4.84. The van der Waals surface area contributed by atoms with E-state index in [4.69, 9.17) is 0 Å². The van der Waals surface area contributed by atoms with Gasteiger partial charge in [0.1, 0.15) is 11.4 Å². The maximum absolute atomic E-state index is 12.8. The Morgan fingerprint density at radius 3 is 2.34 bits per heavy atom. The van der Waals surface area contributed by atoms with Gasteiger partial charge in [0.2, 0.25) is 0 Å². The molecule has 0 unspecified atom stereocenters. The van der Waals surface area contributed by atoms with Crippen molar-refractivity contribution in [1.82, 2.24) is 20.4 Å². The van der Waals surface area contributed by atoms with Gasteiger partial charge in [0.25, 0.3) is 11.8 Å². The number of hydrogen-bond acceptors (Lipinski definition) is 4. The number of nitrogens with zero attached hydrogens (tertiary/aromatic N) is 2. The van der Waals surface area contributed by atoms with Gasteiger partial charge in [-0.25, -0.2) is 4.68 Å². The van der Waals surface area contributed by atoms with Crippen molar-refractivity contribution < 1.29 is 27.5 Å². The zero-order valence-corrected chi connectivity index (χ0v) is 17.4. The van der Waals surface area contributed by atoms with Gasteiger partial charge in [-0.3, -0.25) is 9.59 Å². The molecule has 10 heteroatoms. The maximum Gasteiger partial charge on any atom is 0.573 e. The second kappa shape index (κ2) is 9.54. The van der Waals surface area contributed by atoms with Crippen LogP contribution < -0.4 is 15.4 Å². The minimum Gasteiger partial charge on any atom is -0.405 e. The van der Waals surface area contributed by atoms with Gasteiger partial charge >= 0.3 is 6.36 Å². The number of carbonyl (C=O) groups excluding carboxylic acids is 2. The van der Waals surface area contributed by atoms with Crippen molar-refractivity contribution in [2.45, 2.75) is 20.2 Å². The number of alkyl halides is 3. The van der Waals surface area contributed by atoms with Crippen molar-refractivity contribution in [1.29, 1.82) is 0 Å². The summed E-state index contributed by atoms with van der Waals surface area (Å²) >= 11 is 0. The number of benzene rings is 2. The average molecular weight is 446 g/mol. The van der Waals surface area contributed by atoms with Crippen molar-refractivity contribution in [3.05, 3.63) is 66.0 Å². The van der Waals surface area contributed by atoms with E-state index in [1.807, 2.05) is 0 Å². The highest BCUT2D eigenvalue weighted by atomic mass is 19.4. The van der Waals surface area contributed by atoms with E-state index >= 15 is 0 Å². The molecule has 2 amide bonds. The van der Waals surface area contributed by atoms with E-state index in [0.29, 0.717) is 24.3 Å². The highest BCUT2D eigenvalue weighted by Gasteiger charge is 2.32. The van der Waals surface area contributed by atoms with Gasteiger partial charge in [0, 0.05) is 24.7 Å². The summed E-state index contributed by atoms with van der Waals surface area (Å²) < 4.78 is 43.9. The van der Waals surface area contributed by atoms with Crippen molar-refractivity contribution >= 4 is 11.8 Å². The minimum absolute atomic E-state index is 0.0410. The summed E-state index contributed by atoms with van der Waals surface area (Å²) in [5, 5.41) is 9.53. The number of carbonyl (C=O) groups is 2. The first-order valence-corrected chi connectivity index (χ1v) is 9.85. The molecule has 0 saturated heterocycles. The second-order valence-corrected chi connectivity index (χ2v) is 6.64. The molecule has 1 aromatic heterocycles. The Kier molecular flexibility index (Phi) is 6.82. The summed E-state index contributed by atoms with van der Waals surface area (Å²) in [6.45, 7) is 4.25. The molecule has 0 aliphatic rings. The molecular weight excluding hydrogens is 425 g/mol. The SMILES string of the molecule is CCNC(=O)c1cc(C(=O)NCC)n(-c2cccc(-c3ccccc3OC(F)(F)F)c2)n1. The van der Waals surface area contributed by atoms with Crippen molar-refractivity contribution in [2.75, 3.05) is 13.1 Å². The van der Waals surface area contributed by atoms with Gasteiger partial charge in [-0.05, 0) is 37.6 Å². The molecule has 2 N–H and O–H groups in total. The van der Waals surface area contributed by atoms with Crippen molar-refractivity contribution in [2.24, 2.45) is 0 Å². The summed E-state index contributed by atoms with van der Waals surface area (Å²) in [6, 6.07) is 13.5. The molecule has 0 aliphatic carbocycles. The molecule has 0 spiro atoms. The van der Waals surface area contributed by atoms with Gasteiger partial charge in [0.05, 0.1) is 5.69 Å². The molecule has 0 aliphatic heterocycles. The van der Waals surface area contributed by atoms with Crippen LogP contribution >= 0.6 is 0 Å². The van der Waals surface area contributed by atoms with Crippen LogP contribution in [0, 0.1) is 0 Å². The molecule has 0 atom stereocenters. The van der Waals surface area contributed by atoms with E-state index in [2.05, 4.69) is 20.5 Å². The number of halogens is 3. The van der Waals surface area contributed by atoms with Crippen LogP contribution in [0.1, 0.15) is 34.8 Å². The Morgan fingerprint density at radius 2 is 1.66 bits per heavy atom. The standard InChI is InChI=1S/C22H21F3N4O3/c1-3-26-20(30)17-13-18(21(31)27-4-2)29(28-17)15-9-7-8-14(12-15)16-10-5-6-11-19(16)32-22(23,24)25/h5-13H,3-4H2,1-2H3,(H,26,30)(H,27,31). The molecule has 168 valence electrons. The van der Waals surface area contributed by atoms with Crippen LogP contribution in [-0.2, 0) is 0 Å². The van der Waals surface area contributed by atoms with E-state index in [9.17, 15) is 22.8 Å². The fraction of sp³-hybridized carbons (Fsp3) is 0.227. The lowest BCUT2D eigenvalue weighted by atomic mass is 10.0. The molecule has 0 fully saturated rings. The van der Waals surface area contributed by atoms with Gasteiger partial charge in [-0.2, -0.15) is 5.10 Å². The third kappa shape index (κ3) is 5.26. The first-order valence-electron chi connectivity index (χ1n) is 9.85. The lowest BCUT2D eigenvalue weighted by Crippen LogP contribution is -2.25. The van der Waals surface area contributed by atoms with E-state index in [1.54, 1.807) is 44.2 Å². The third-order valence-corrected chi connectivity index (χ3v) is 4.36. The monoisotopic (exact) mass is 446 g/mol. The number of para-hydroxylation sites is 1. The van der Waals surface area contributed by atoms with Crippen LogP contribution in [0.15, 0.2) is 54.6 Å². The van der Waals surface area contributed by atoms with Gasteiger partial charge < -0.3 is 15.4 Å². The van der Waals surface area contributed by atoms with Crippen molar-refractivity contribution in [3.8, 4) is 22.6 Å². The van der Waals surface area contributed by atoms with Crippen LogP contribution in [0.2, 0.25) is 0 Å². The fourth-order valence-electron chi connectivity index (χ4n) is 3.08. The highest BCUT2D eigenvalue weighted by Crippen LogP contribution is 2.34. The van der Waals surface area contributed by atoms with E-state index < -0.39 is 18.2 Å². The first-order chi connectivity index (χ1) is 15.2. The number of aromatic nitrogens is 2. The number of ether oxygens (including phenoxy) is 1. The molecular formula is C22H21F3N4O3. The number of hydrogen-bond donors (Lipinski definition) is 2. The third-order valence-electron chi connectivity index (χ3n) is 4.36. The Labute approximate surface area is 182 Å². The summed E-state index contributed by atoms with van der Waals surface area (Å²) in [4.78, 5) is 24.8. The molecule has 7 nitrogen and oxygen atoms in total. The molecule has 2 aromatic carbocycles. The Balaban J connectivity index is 2.09. The number of amides is 2. The van der Waals surface area contributed by atoms with Crippen molar-refractivity contribution in [3.63, 3.8) is 0 Å². The van der Waals surface area contributed by atoms with Crippen LogP contribution in [-0.4, -0.2) is 41.0 Å². The largest absolute Gasteiger partial charge is 0.573 e. The lowest BCUT2D eigenvalue weighted by molar-refractivity contribution is -0.274. The quantitative estimate of drug-likeness (QED) is 0.576. The lowest BCUT2D eigenvalue weighted by Gasteiger charge is -2.14. The second-order valence-electron chi connectivity index (χ2n) is 6.64. The van der Waals surface area contributed by atoms with Gasteiger partial charge in [-0.1, -0.05) is 30.3 Å². The molecule has 32 heavy (non-hydrogen) atoms. The molecule has 1 heterocycles. The fourth-order valence-corrected chi connectivity index (χ4v) is 3.08. The van der Waals surface area contributed by atoms with Crippen LogP contribution in [0.4, 0.5) is 13.2 Å². The van der Waals surface area contributed by atoms with Crippen LogP contribution in [0.3, 0.4) is 0 Å². The van der Waals surface area contributed by atoms with E-state index in [0.717, 1.165) is 0 Å². The highest BCUT2D eigenvalue weighted by molar-refractivity contribution is 5.98. The van der Waals surface area contributed by atoms with E-state index in [1.165, 1.54) is 28.9 Å². The predicted octanol–water partition coefficient (Wildman–Crippen LogP) is 3.94. The van der Waals surface area contributed by atoms with Crippen LogP contribution in [0.25, 0.3) is 16.8 Å². The molecule has 0 bridgehead atoms. The zero-order valence-electron chi connectivity index (χ0n) is 17.4. The number of rotatable bonds is 7. The molecule has 3 aromatic rings. The number of nitrogens with one attached hydrogen (secondary N) is 2. The molecule has 3 rings (SSSR count). The Hall–Kier alpha value is -3.82. The average Bonchev–Trinajstić information content (AvgIpc) is 3.19. The predicted molar refractivity (Wildman–Crippen MR) is 112 cm³/mol. The smallest absolute Gasteiger partial charge is 0.405 e. The minimum atomic E-state index is -4.84. The summed E-state index contributed by atoms with van der Waals surface area (Å²) in [5.41, 5.74) is 1.17. The van der Waals surface area contributed by atoms with E-state index in [-0.39, 0.29) is 22.7 Å². The summed E-state index contributed by atoms with van der Waals surface area (Å²) in [5.74, 6) is -1.25. The topological polar surface area (TPSA) is 85.2 Å². The molecule has 0 radical (unpaired) electrons. The normalized spacial score (nSPS) is 11.2. The van der Waals surface area contributed by atoms with Gasteiger partial charge in [-0.15, -0.1) is 13.2 Å².